The molecule has 35 heavy (non-hydrogen) atoms. The molecule has 0 bridgehead atoms. The monoisotopic (exact) mass is 490 g/mol. The number of carbonyl (C=O) groups excluding carboxylic acids is 1. The van der Waals surface area contributed by atoms with Crippen LogP contribution in [0.1, 0.15) is 31.0 Å². The van der Waals surface area contributed by atoms with Crippen molar-refractivity contribution >= 4 is 29.5 Å². The lowest BCUT2D eigenvalue weighted by atomic mass is 9.96. The minimum Gasteiger partial charge on any atom is -0.497 e. The number of carbonyl (C=O) groups is 1. The highest BCUT2D eigenvalue weighted by Crippen LogP contribution is 2.31. The van der Waals surface area contributed by atoms with E-state index in [1.54, 1.807) is 50.8 Å². The van der Waals surface area contributed by atoms with Gasteiger partial charge in [0.1, 0.15) is 11.5 Å². The molecular formula is C27H26N2O5S. The van der Waals surface area contributed by atoms with E-state index in [4.69, 9.17) is 14.2 Å². The smallest absolute Gasteiger partial charge is 0.338 e. The molecule has 4 rings (SSSR count). The molecule has 180 valence electrons. The molecule has 8 heteroatoms. The van der Waals surface area contributed by atoms with Gasteiger partial charge in [-0.1, -0.05) is 53.8 Å². The SMILES string of the molecule is CCOC(=O)C1=C(C)N=c2sc(=CC=Cc3ccccc3OC)c(=O)n2C1c1ccc(OC)cc1. The Kier molecular flexibility index (Phi) is 7.31. The van der Waals surface area contributed by atoms with Gasteiger partial charge in [0.25, 0.3) is 5.56 Å². The third-order valence-corrected chi connectivity index (χ3v) is 6.61. The number of ether oxygens (including phenoxy) is 3. The first-order valence-electron chi connectivity index (χ1n) is 11.1. The Morgan fingerprint density at radius 2 is 1.86 bits per heavy atom. The Bertz CT molecular complexity index is 1480. The summed E-state index contributed by atoms with van der Waals surface area (Å²) in [7, 11) is 3.21. The van der Waals surface area contributed by atoms with Crippen molar-refractivity contribution < 1.29 is 19.0 Å². The van der Waals surface area contributed by atoms with Crippen LogP contribution in [0.15, 0.2) is 75.7 Å². The van der Waals surface area contributed by atoms with Crippen LogP contribution in [-0.2, 0) is 9.53 Å². The average Bonchev–Trinajstić information content (AvgIpc) is 3.18. The number of benzene rings is 2. The van der Waals surface area contributed by atoms with Crippen LogP contribution in [0.2, 0.25) is 0 Å². The van der Waals surface area contributed by atoms with Crippen LogP contribution >= 0.6 is 11.3 Å². The van der Waals surface area contributed by atoms with Gasteiger partial charge in [0.2, 0.25) is 0 Å². The minimum atomic E-state index is -0.656. The fourth-order valence-electron chi connectivity index (χ4n) is 3.95. The van der Waals surface area contributed by atoms with E-state index in [2.05, 4.69) is 4.99 Å². The lowest BCUT2D eigenvalue weighted by Gasteiger charge is -2.24. The maximum atomic E-state index is 13.5. The Hall–Kier alpha value is -3.91. The predicted molar refractivity (Wildman–Crippen MR) is 136 cm³/mol. The first kappa shape index (κ1) is 24.2. The van der Waals surface area contributed by atoms with Gasteiger partial charge in [0, 0.05) is 5.56 Å². The molecule has 0 spiro atoms. The van der Waals surface area contributed by atoms with Crippen molar-refractivity contribution in [1.82, 2.24) is 4.57 Å². The normalized spacial score (nSPS) is 15.7. The fourth-order valence-corrected chi connectivity index (χ4v) is 4.95. The van der Waals surface area contributed by atoms with Crippen LogP contribution in [-0.4, -0.2) is 31.4 Å². The van der Waals surface area contributed by atoms with E-state index < -0.39 is 12.0 Å². The summed E-state index contributed by atoms with van der Waals surface area (Å²) in [5, 5.41) is 0. The number of thiazole rings is 1. The summed E-state index contributed by atoms with van der Waals surface area (Å²) in [6, 6.07) is 14.3. The molecule has 1 aromatic heterocycles. The number of esters is 1. The number of nitrogens with zero attached hydrogens (tertiary/aromatic N) is 2. The summed E-state index contributed by atoms with van der Waals surface area (Å²) in [4.78, 5) is 31.6. The van der Waals surface area contributed by atoms with E-state index in [-0.39, 0.29) is 12.2 Å². The third-order valence-electron chi connectivity index (χ3n) is 5.61. The van der Waals surface area contributed by atoms with Crippen molar-refractivity contribution in [3.63, 3.8) is 0 Å². The highest BCUT2D eigenvalue weighted by atomic mass is 32.1. The Morgan fingerprint density at radius 1 is 1.11 bits per heavy atom. The second-order valence-electron chi connectivity index (χ2n) is 7.70. The lowest BCUT2D eigenvalue weighted by Crippen LogP contribution is -2.39. The molecule has 0 radical (unpaired) electrons. The second-order valence-corrected chi connectivity index (χ2v) is 8.71. The van der Waals surface area contributed by atoms with Crippen molar-refractivity contribution in [2.24, 2.45) is 4.99 Å². The number of hydrogen-bond acceptors (Lipinski definition) is 7. The number of hydrogen-bond donors (Lipinski definition) is 0. The van der Waals surface area contributed by atoms with Crippen LogP contribution < -0.4 is 24.4 Å². The highest BCUT2D eigenvalue weighted by molar-refractivity contribution is 7.07. The molecule has 0 aliphatic carbocycles. The van der Waals surface area contributed by atoms with E-state index in [1.165, 1.54) is 11.3 Å². The standard InChI is InChI=1S/C27H26N2O5S/c1-5-34-26(31)23-17(2)28-27-29(24(23)19-13-15-20(32-3)16-14-19)25(30)22(35-27)12-8-10-18-9-6-7-11-21(18)33-4/h6-16,24H,5H2,1-4H3. The lowest BCUT2D eigenvalue weighted by molar-refractivity contribution is -0.139. The van der Waals surface area contributed by atoms with Gasteiger partial charge < -0.3 is 14.2 Å². The predicted octanol–water partition coefficient (Wildman–Crippen LogP) is 3.48. The van der Waals surface area contributed by atoms with Gasteiger partial charge in [-0.3, -0.25) is 9.36 Å². The number of rotatable bonds is 7. The van der Waals surface area contributed by atoms with Crippen LogP contribution in [0, 0.1) is 0 Å². The fraction of sp³-hybridized carbons (Fsp3) is 0.222. The van der Waals surface area contributed by atoms with Gasteiger partial charge >= 0.3 is 5.97 Å². The summed E-state index contributed by atoms with van der Waals surface area (Å²) in [6.07, 6.45) is 5.45. The summed E-state index contributed by atoms with van der Waals surface area (Å²) in [5.74, 6) is 0.939. The number of aromatic nitrogens is 1. The zero-order valence-electron chi connectivity index (χ0n) is 20.0. The Labute approximate surface area is 206 Å². The van der Waals surface area contributed by atoms with Crippen LogP contribution in [0.25, 0.3) is 12.2 Å². The van der Waals surface area contributed by atoms with Gasteiger partial charge in [0.05, 0.1) is 42.7 Å². The molecule has 1 unspecified atom stereocenters. The number of para-hydroxylation sites is 1. The van der Waals surface area contributed by atoms with E-state index >= 15 is 0 Å². The molecule has 0 fully saturated rings. The molecule has 7 nitrogen and oxygen atoms in total. The molecule has 2 heterocycles. The maximum Gasteiger partial charge on any atom is 0.338 e. The van der Waals surface area contributed by atoms with Crippen molar-refractivity contribution in [1.29, 1.82) is 0 Å². The van der Waals surface area contributed by atoms with Gasteiger partial charge in [0.15, 0.2) is 4.80 Å². The quantitative estimate of drug-likeness (QED) is 0.474. The molecule has 1 aliphatic rings. The van der Waals surface area contributed by atoms with Crippen molar-refractivity contribution in [2.75, 3.05) is 20.8 Å². The van der Waals surface area contributed by atoms with Crippen molar-refractivity contribution in [3.05, 3.63) is 96.7 Å². The molecule has 0 N–H and O–H groups in total. The largest absolute Gasteiger partial charge is 0.497 e. The minimum absolute atomic E-state index is 0.225. The van der Waals surface area contributed by atoms with Gasteiger partial charge in [-0.05, 0) is 43.7 Å². The van der Waals surface area contributed by atoms with Gasteiger partial charge in [-0.15, -0.1) is 0 Å². The average molecular weight is 491 g/mol. The zero-order chi connectivity index (χ0) is 24.9. The second kappa shape index (κ2) is 10.6. The van der Waals surface area contributed by atoms with E-state index in [0.717, 1.165) is 16.9 Å². The van der Waals surface area contributed by atoms with Gasteiger partial charge in [-0.2, -0.15) is 0 Å². The summed E-state index contributed by atoms with van der Waals surface area (Å²) in [5.41, 5.74) is 2.31. The summed E-state index contributed by atoms with van der Waals surface area (Å²) >= 11 is 1.28. The molecule has 0 saturated carbocycles. The van der Waals surface area contributed by atoms with Crippen LogP contribution in [0.5, 0.6) is 11.5 Å². The number of fused-ring (bicyclic) bond motifs is 1. The third kappa shape index (κ3) is 4.83. The number of methoxy groups -OCH3 is 2. The molecule has 0 saturated heterocycles. The van der Waals surface area contributed by atoms with Gasteiger partial charge in [-0.25, -0.2) is 9.79 Å². The maximum absolute atomic E-state index is 13.5. The Balaban J connectivity index is 1.84. The van der Waals surface area contributed by atoms with Crippen LogP contribution in [0.3, 0.4) is 0 Å². The molecule has 1 atom stereocenters. The first-order valence-corrected chi connectivity index (χ1v) is 11.9. The van der Waals surface area contributed by atoms with E-state index in [0.29, 0.717) is 26.4 Å². The highest BCUT2D eigenvalue weighted by Gasteiger charge is 2.33. The van der Waals surface area contributed by atoms with Crippen molar-refractivity contribution in [3.8, 4) is 11.5 Å². The van der Waals surface area contributed by atoms with Crippen LogP contribution in [0.4, 0.5) is 0 Å². The summed E-state index contributed by atoms with van der Waals surface area (Å²) < 4.78 is 18.0. The zero-order valence-corrected chi connectivity index (χ0v) is 20.8. The first-order chi connectivity index (χ1) is 17.0. The molecule has 1 aliphatic heterocycles. The molecule has 0 amide bonds. The molecule has 3 aromatic rings. The topological polar surface area (TPSA) is 79.1 Å². The molecular weight excluding hydrogens is 464 g/mol. The summed E-state index contributed by atoms with van der Waals surface area (Å²) in [6.45, 7) is 3.74. The Morgan fingerprint density at radius 3 is 2.54 bits per heavy atom. The molecule has 2 aromatic carbocycles. The number of allylic oxidation sites excluding steroid dienone is 2. The van der Waals surface area contributed by atoms with E-state index in [9.17, 15) is 9.59 Å². The van der Waals surface area contributed by atoms with Crippen molar-refractivity contribution in [2.45, 2.75) is 19.9 Å². The van der Waals surface area contributed by atoms with E-state index in [1.807, 2.05) is 48.6 Å².